The lowest BCUT2D eigenvalue weighted by atomic mass is 10.0. The monoisotopic (exact) mass is 562 g/mol. The van der Waals surface area contributed by atoms with Crippen molar-refractivity contribution in [2.75, 3.05) is 13.4 Å². The Morgan fingerprint density at radius 2 is 1.94 bits per heavy atom. The number of ether oxygens (including phenoxy) is 3. The van der Waals surface area contributed by atoms with Gasteiger partial charge in [0, 0.05) is 19.0 Å². The summed E-state index contributed by atoms with van der Waals surface area (Å²) >= 11 is 0. The Balaban J connectivity index is 0.00000259. The number of hydrogen-bond donors (Lipinski definition) is 2. The largest absolute Gasteiger partial charge is 0.493 e. The minimum Gasteiger partial charge on any atom is -0.493 e. The fourth-order valence-corrected chi connectivity index (χ4v) is 3.79. The highest BCUT2D eigenvalue weighted by Gasteiger charge is 2.22. The number of aromatic nitrogens is 3. The van der Waals surface area contributed by atoms with Gasteiger partial charge in [0.15, 0.2) is 23.3 Å². The molecule has 0 saturated heterocycles. The first-order valence-corrected chi connectivity index (χ1v) is 10.7. The number of aryl methyl sites for hydroxylation is 1. The van der Waals surface area contributed by atoms with Gasteiger partial charge in [-0.15, -0.1) is 34.2 Å². The van der Waals surface area contributed by atoms with E-state index in [4.69, 9.17) is 19.2 Å². The summed E-state index contributed by atoms with van der Waals surface area (Å²) in [6.07, 6.45) is 0.852. The van der Waals surface area contributed by atoms with Crippen molar-refractivity contribution in [3.8, 4) is 17.2 Å². The molecule has 2 N–H and O–H groups in total. The molecule has 0 fully saturated rings. The van der Waals surface area contributed by atoms with Gasteiger partial charge in [0.1, 0.15) is 11.6 Å². The summed E-state index contributed by atoms with van der Waals surface area (Å²) in [5.74, 6) is 4.85. The Bertz CT molecular complexity index is 1150. The molecule has 0 spiro atoms. The first kappa shape index (κ1) is 23.1. The number of nitrogens with one attached hydrogen (secondary N) is 2. The molecule has 0 amide bonds. The van der Waals surface area contributed by atoms with Gasteiger partial charge in [-0.3, -0.25) is 0 Å². The standard InChI is InChI=1S/C23H26N6O3.HI/c1-15-27-28-22(29(15)2)13-25-23(24-12-16-7-8-20-21(11-16)32-14-31-20)26-18-9-10-30-19-6-4-3-5-17(18)19;/h3-8,11,18H,9-10,12-14H2,1-2H3,(H2,24,25,26);1H. The molecule has 174 valence electrons. The number of halogens is 1. The van der Waals surface area contributed by atoms with Crippen LogP contribution in [0.2, 0.25) is 0 Å². The van der Waals surface area contributed by atoms with Crippen LogP contribution >= 0.6 is 24.0 Å². The summed E-state index contributed by atoms with van der Waals surface area (Å²) < 4.78 is 18.7. The maximum Gasteiger partial charge on any atom is 0.231 e. The fraction of sp³-hybridized carbons (Fsp3) is 0.348. The van der Waals surface area contributed by atoms with Gasteiger partial charge in [-0.2, -0.15) is 0 Å². The van der Waals surface area contributed by atoms with Crippen molar-refractivity contribution in [2.24, 2.45) is 12.0 Å². The molecule has 2 aliphatic heterocycles. The van der Waals surface area contributed by atoms with E-state index in [1.54, 1.807) is 0 Å². The second-order valence-corrected chi connectivity index (χ2v) is 7.80. The van der Waals surface area contributed by atoms with Crippen molar-refractivity contribution in [3.05, 3.63) is 65.2 Å². The molecule has 2 aliphatic rings. The van der Waals surface area contributed by atoms with Crippen LogP contribution in [0, 0.1) is 6.92 Å². The third-order valence-electron chi connectivity index (χ3n) is 5.72. The van der Waals surface area contributed by atoms with E-state index in [1.807, 2.05) is 54.9 Å². The van der Waals surface area contributed by atoms with Gasteiger partial charge in [0.25, 0.3) is 0 Å². The van der Waals surface area contributed by atoms with E-state index in [0.29, 0.717) is 25.7 Å². The Hall–Kier alpha value is -3.02. The summed E-state index contributed by atoms with van der Waals surface area (Å²) in [4.78, 5) is 4.84. The zero-order chi connectivity index (χ0) is 21.9. The molecule has 3 heterocycles. The molecule has 1 aromatic heterocycles. The van der Waals surface area contributed by atoms with Crippen LogP contribution in [0.1, 0.15) is 35.2 Å². The highest BCUT2D eigenvalue weighted by Crippen LogP contribution is 2.33. The zero-order valence-corrected chi connectivity index (χ0v) is 20.9. The predicted molar refractivity (Wildman–Crippen MR) is 134 cm³/mol. The second-order valence-electron chi connectivity index (χ2n) is 7.80. The van der Waals surface area contributed by atoms with E-state index in [-0.39, 0.29) is 36.8 Å². The van der Waals surface area contributed by atoms with Crippen LogP contribution in [-0.2, 0) is 20.1 Å². The third kappa shape index (κ3) is 5.15. The maximum absolute atomic E-state index is 5.81. The lowest BCUT2D eigenvalue weighted by molar-refractivity contribution is 0.174. The number of guanidine groups is 1. The minimum absolute atomic E-state index is 0. The third-order valence-corrected chi connectivity index (χ3v) is 5.72. The van der Waals surface area contributed by atoms with Crippen molar-refractivity contribution >= 4 is 29.9 Å². The Kier molecular flexibility index (Phi) is 7.21. The average molecular weight is 562 g/mol. The minimum atomic E-state index is 0. The van der Waals surface area contributed by atoms with Crippen molar-refractivity contribution in [1.29, 1.82) is 0 Å². The van der Waals surface area contributed by atoms with Gasteiger partial charge in [0.05, 0.1) is 25.7 Å². The van der Waals surface area contributed by atoms with Crippen LogP contribution in [0.4, 0.5) is 0 Å². The van der Waals surface area contributed by atoms with Crippen LogP contribution < -0.4 is 24.8 Å². The van der Waals surface area contributed by atoms with E-state index in [9.17, 15) is 0 Å². The van der Waals surface area contributed by atoms with Crippen LogP contribution in [0.5, 0.6) is 17.2 Å². The SMILES string of the molecule is Cc1nnc(CNC(=NCc2ccc3c(c2)OCO3)NC2CCOc3ccccc32)n1C.I. The van der Waals surface area contributed by atoms with Gasteiger partial charge in [-0.25, -0.2) is 4.99 Å². The quantitative estimate of drug-likeness (QED) is 0.280. The first-order chi connectivity index (χ1) is 15.7. The van der Waals surface area contributed by atoms with Crippen LogP contribution in [-0.4, -0.2) is 34.1 Å². The van der Waals surface area contributed by atoms with Crippen molar-refractivity contribution < 1.29 is 14.2 Å². The highest BCUT2D eigenvalue weighted by molar-refractivity contribution is 14.0. The lowest BCUT2D eigenvalue weighted by Crippen LogP contribution is -2.41. The topological polar surface area (TPSA) is 94.8 Å². The second kappa shape index (κ2) is 10.3. The molecule has 0 aliphatic carbocycles. The normalized spacial score (nSPS) is 16.4. The number of hydrogen-bond acceptors (Lipinski definition) is 6. The smallest absolute Gasteiger partial charge is 0.231 e. The number of fused-ring (bicyclic) bond motifs is 2. The van der Waals surface area contributed by atoms with E-state index in [1.165, 1.54) is 0 Å². The van der Waals surface area contributed by atoms with Gasteiger partial charge >= 0.3 is 0 Å². The van der Waals surface area contributed by atoms with E-state index >= 15 is 0 Å². The van der Waals surface area contributed by atoms with Gasteiger partial charge in [-0.05, 0) is 30.7 Å². The van der Waals surface area contributed by atoms with Crippen LogP contribution in [0.15, 0.2) is 47.5 Å². The molecule has 3 aromatic rings. The van der Waals surface area contributed by atoms with Crippen molar-refractivity contribution in [3.63, 3.8) is 0 Å². The molecular formula is C23H27IN6O3. The molecule has 2 aromatic carbocycles. The molecule has 0 radical (unpaired) electrons. The first-order valence-electron chi connectivity index (χ1n) is 10.7. The van der Waals surface area contributed by atoms with E-state index < -0.39 is 0 Å². The van der Waals surface area contributed by atoms with Gasteiger partial charge < -0.3 is 29.4 Å². The summed E-state index contributed by atoms with van der Waals surface area (Å²) in [7, 11) is 1.96. The molecule has 10 heteroatoms. The molecule has 5 rings (SSSR count). The van der Waals surface area contributed by atoms with Crippen LogP contribution in [0.25, 0.3) is 0 Å². The predicted octanol–water partition coefficient (Wildman–Crippen LogP) is 3.23. The molecule has 0 bridgehead atoms. The number of benzene rings is 2. The number of aliphatic imine (C=N–C) groups is 1. The number of para-hydroxylation sites is 1. The molecule has 1 atom stereocenters. The molecule has 0 saturated carbocycles. The average Bonchev–Trinajstić information content (AvgIpc) is 3.42. The summed E-state index contributed by atoms with van der Waals surface area (Å²) in [5, 5.41) is 15.4. The Morgan fingerprint density at radius 3 is 2.79 bits per heavy atom. The summed E-state index contributed by atoms with van der Waals surface area (Å²) in [5.41, 5.74) is 2.17. The number of rotatable bonds is 5. The maximum atomic E-state index is 5.81. The molecule has 9 nitrogen and oxygen atoms in total. The van der Waals surface area contributed by atoms with E-state index in [2.05, 4.69) is 26.9 Å². The summed E-state index contributed by atoms with van der Waals surface area (Å²) in [6.45, 7) is 3.86. The van der Waals surface area contributed by atoms with Crippen molar-refractivity contribution in [2.45, 2.75) is 32.5 Å². The van der Waals surface area contributed by atoms with Crippen LogP contribution in [0.3, 0.4) is 0 Å². The zero-order valence-electron chi connectivity index (χ0n) is 18.6. The summed E-state index contributed by atoms with van der Waals surface area (Å²) in [6, 6.07) is 14.1. The van der Waals surface area contributed by atoms with Gasteiger partial charge in [0.2, 0.25) is 6.79 Å². The number of nitrogens with zero attached hydrogens (tertiary/aromatic N) is 4. The lowest BCUT2D eigenvalue weighted by Gasteiger charge is -2.28. The van der Waals surface area contributed by atoms with E-state index in [0.717, 1.165) is 46.4 Å². The molecule has 1 unspecified atom stereocenters. The Labute approximate surface area is 209 Å². The molecule has 33 heavy (non-hydrogen) atoms. The molecular weight excluding hydrogens is 535 g/mol. The Morgan fingerprint density at radius 1 is 1.09 bits per heavy atom. The fourth-order valence-electron chi connectivity index (χ4n) is 3.79. The highest BCUT2D eigenvalue weighted by atomic mass is 127. The van der Waals surface area contributed by atoms with Crippen molar-refractivity contribution in [1.82, 2.24) is 25.4 Å². The van der Waals surface area contributed by atoms with Gasteiger partial charge in [-0.1, -0.05) is 24.3 Å².